The van der Waals surface area contributed by atoms with E-state index in [9.17, 15) is 13.6 Å². The number of aromatic nitrogens is 2. The summed E-state index contributed by atoms with van der Waals surface area (Å²) in [6, 6.07) is 5.27. The Morgan fingerprint density at radius 2 is 1.85 bits per heavy atom. The standard InChI is InChI=1S/C18H21F2N5O/c1-13(14-3-4-15(19)16(20)11-14)23-12-17(26)24-7-9-25(10-8-24)18-21-5-2-6-22-18/h2-6,11,13,23H,7-10,12H2,1H3/t13-/m0/s1. The molecule has 1 saturated heterocycles. The van der Waals surface area contributed by atoms with Crippen LogP contribution in [0.2, 0.25) is 0 Å². The summed E-state index contributed by atoms with van der Waals surface area (Å²) in [5.74, 6) is -1.11. The molecule has 1 aliphatic heterocycles. The zero-order chi connectivity index (χ0) is 18.5. The van der Waals surface area contributed by atoms with E-state index in [4.69, 9.17) is 0 Å². The minimum atomic E-state index is -0.887. The first-order valence-electron chi connectivity index (χ1n) is 8.52. The Hall–Kier alpha value is -2.61. The van der Waals surface area contributed by atoms with Gasteiger partial charge in [-0.15, -0.1) is 0 Å². The van der Waals surface area contributed by atoms with Crippen molar-refractivity contribution in [3.63, 3.8) is 0 Å². The fourth-order valence-electron chi connectivity index (χ4n) is 2.86. The minimum absolute atomic E-state index is 0.0203. The largest absolute Gasteiger partial charge is 0.338 e. The molecule has 0 spiro atoms. The number of anilines is 1. The van der Waals surface area contributed by atoms with Gasteiger partial charge in [0, 0.05) is 44.6 Å². The number of benzene rings is 1. The molecule has 3 rings (SSSR count). The van der Waals surface area contributed by atoms with E-state index in [-0.39, 0.29) is 18.5 Å². The van der Waals surface area contributed by atoms with Gasteiger partial charge in [-0.05, 0) is 30.7 Å². The van der Waals surface area contributed by atoms with E-state index in [1.165, 1.54) is 6.07 Å². The molecule has 0 saturated carbocycles. The van der Waals surface area contributed by atoms with Gasteiger partial charge in [0.2, 0.25) is 11.9 Å². The number of halogens is 2. The van der Waals surface area contributed by atoms with E-state index < -0.39 is 11.6 Å². The zero-order valence-electron chi connectivity index (χ0n) is 14.5. The highest BCUT2D eigenvalue weighted by Gasteiger charge is 2.22. The lowest BCUT2D eigenvalue weighted by Gasteiger charge is -2.35. The van der Waals surface area contributed by atoms with E-state index in [0.717, 1.165) is 12.1 Å². The van der Waals surface area contributed by atoms with Crippen LogP contribution < -0.4 is 10.2 Å². The van der Waals surface area contributed by atoms with Gasteiger partial charge in [-0.3, -0.25) is 4.79 Å². The number of carbonyl (C=O) groups excluding carboxylic acids is 1. The highest BCUT2D eigenvalue weighted by atomic mass is 19.2. The Morgan fingerprint density at radius 1 is 1.15 bits per heavy atom. The molecule has 8 heteroatoms. The summed E-state index contributed by atoms with van der Waals surface area (Å²) < 4.78 is 26.3. The van der Waals surface area contributed by atoms with Crippen molar-refractivity contribution < 1.29 is 13.6 Å². The zero-order valence-corrected chi connectivity index (χ0v) is 14.5. The second-order valence-corrected chi connectivity index (χ2v) is 6.19. The Labute approximate surface area is 150 Å². The fourth-order valence-corrected chi connectivity index (χ4v) is 2.86. The second kappa shape index (κ2) is 8.18. The number of nitrogens with zero attached hydrogens (tertiary/aromatic N) is 4. The summed E-state index contributed by atoms with van der Waals surface area (Å²) in [5.41, 5.74) is 0.600. The van der Waals surface area contributed by atoms with E-state index in [1.54, 1.807) is 23.4 Å². The first-order valence-corrected chi connectivity index (χ1v) is 8.52. The van der Waals surface area contributed by atoms with Crippen molar-refractivity contribution in [2.45, 2.75) is 13.0 Å². The van der Waals surface area contributed by atoms with Gasteiger partial charge in [0.1, 0.15) is 0 Å². The predicted molar refractivity (Wildman–Crippen MR) is 93.6 cm³/mol. The highest BCUT2D eigenvalue weighted by Crippen LogP contribution is 2.16. The molecule has 26 heavy (non-hydrogen) atoms. The van der Waals surface area contributed by atoms with E-state index in [0.29, 0.717) is 37.7 Å². The quantitative estimate of drug-likeness (QED) is 0.879. The third-order valence-corrected chi connectivity index (χ3v) is 4.47. The molecule has 2 heterocycles. The lowest BCUT2D eigenvalue weighted by atomic mass is 10.1. The maximum Gasteiger partial charge on any atom is 0.236 e. The van der Waals surface area contributed by atoms with Crippen LogP contribution in [0.1, 0.15) is 18.5 Å². The van der Waals surface area contributed by atoms with Crippen LogP contribution in [0.3, 0.4) is 0 Å². The molecule has 2 aromatic rings. The van der Waals surface area contributed by atoms with Gasteiger partial charge < -0.3 is 15.1 Å². The third kappa shape index (κ3) is 4.32. The molecule has 1 aromatic carbocycles. The average molecular weight is 361 g/mol. The van der Waals surface area contributed by atoms with Crippen molar-refractivity contribution in [1.29, 1.82) is 0 Å². The first-order chi connectivity index (χ1) is 12.5. The highest BCUT2D eigenvalue weighted by molar-refractivity contribution is 5.78. The Morgan fingerprint density at radius 3 is 2.50 bits per heavy atom. The summed E-state index contributed by atoms with van der Waals surface area (Å²) >= 11 is 0. The molecule has 0 radical (unpaired) electrons. The summed E-state index contributed by atoms with van der Waals surface area (Å²) in [5, 5.41) is 3.07. The average Bonchev–Trinajstić information content (AvgIpc) is 2.68. The van der Waals surface area contributed by atoms with Crippen molar-refractivity contribution >= 4 is 11.9 Å². The lowest BCUT2D eigenvalue weighted by molar-refractivity contribution is -0.130. The SMILES string of the molecule is C[C@H](NCC(=O)N1CCN(c2ncccn2)CC1)c1ccc(F)c(F)c1. The van der Waals surface area contributed by atoms with Crippen LogP contribution in [0, 0.1) is 11.6 Å². The lowest BCUT2D eigenvalue weighted by Crippen LogP contribution is -2.51. The maximum absolute atomic E-state index is 13.3. The molecule has 0 aliphatic carbocycles. The summed E-state index contributed by atoms with van der Waals surface area (Å²) in [6.45, 7) is 4.49. The van der Waals surface area contributed by atoms with E-state index >= 15 is 0 Å². The number of piperazine rings is 1. The molecule has 1 atom stereocenters. The van der Waals surface area contributed by atoms with Gasteiger partial charge in [-0.25, -0.2) is 18.7 Å². The van der Waals surface area contributed by atoms with Gasteiger partial charge in [0.05, 0.1) is 6.54 Å². The number of rotatable bonds is 5. The number of nitrogens with one attached hydrogen (secondary N) is 1. The third-order valence-electron chi connectivity index (χ3n) is 4.47. The van der Waals surface area contributed by atoms with Crippen LogP contribution >= 0.6 is 0 Å². The van der Waals surface area contributed by atoms with Crippen molar-refractivity contribution in [2.24, 2.45) is 0 Å². The monoisotopic (exact) mass is 361 g/mol. The van der Waals surface area contributed by atoms with E-state index in [2.05, 4.69) is 15.3 Å². The smallest absolute Gasteiger partial charge is 0.236 e. The minimum Gasteiger partial charge on any atom is -0.338 e. The van der Waals surface area contributed by atoms with Crippen molar-refractivity contribution in [1.82, 2.24) is 20.2 Å². The van der Waals surface area contributed by atoms with Gasteiger partial charge in [-0.1, -0.05) is 6.07 Å². The van der Waals surface area contributed by atoms with Gasteiger partial charge in [0.15, 0.2) is 11.6 Å². The molecular weight excluding hydrogens is 340 g/mol. The predicted octanol–water partition coefficient (Wildman–Crippen LogP) is 1.75. The summed E-state index contributed by atoms with van der Waals surface area (Å²) in [7, 11) is 0. The first kappa shape index (κ1) is 18.2. The van der Waals surface area contributed by atoms with Crippen LogP contribution in [-0.4, -0.2) is 53.5 Å². The summed E-state index contributed by atoms with van der Waals surface area (Å²) in [4.78, 5) is 24.6. The molecule has 1 fully saturated rings. The number of carbonyl (C=O) groups is 1. The van der Waals surface area contributed by atoms with E-state index in [1.807, 2.05) is 11.8 Å². The van der Waals surface area contributed by atoms with Crippen molar-refractivity contribution in [2.75, 3.05) is 37.6 Å². The van der Waals surface area contributed by atoms with Crippen LogP contribution in [0.4, 0.5) is 14.7 Å². The number of hydrogen-bond acceptors (Lipinski definition) is 5. The van der Waals surface area contributed by atoms with Gasteiger partial charge in [0.25, 0.3) is 0 Å². The van der Waals surface area contributed by atoms with Crippen LogP contribution in [0.5, 0.6) is 0 Å². The molecule has 6 nitrogen and oxygen atoms in total. The normalized spacial score (nSPS) is 15.8. The molecule has 1 amide bonds. The van der Waals surface area contributed by atoms with Gasteiger partial charge in [-0.2, -0.15) is 0 Å². The second-order valence-electron chi connectivity index (χ2n) is 6.19. The molecule has 1 aromatic heterocycles. The van der Waals surface area contributed by atoms with Crippen LogP contribution in [0.25, 0.3) is 0 Å². The topological polar surface area (TPSA) is 61.4 Å². The number of hydrogen-bond donors (Lipinski definition) is 1. The van der Waals surface area contributed by atoms with Gasteiger partial charge >= 0.3 is 0 Å². The van der Waals surface area contributed by atoms with Crippen LogP contribution in [-0.2, 0) is 4.79 Å². The molecule has 138 valence electrons. The molecule has 0 bridgehead atoms. The molecule has 0 unspecified atom stereocenters. The molecule has 1 aliphatic rings. The number of amides is 1. The Kier molecular flexibility index (Phi) is 5.72. The van der Waals surface area contributed by atoms with Crippen LogP contribution in [0.15, 0.2) is 36.7 Å². The maximum atomic E-state index is 13.3. The molecular formula is C18H21F2N5O. The molecule has 1 N–H and O–H groups in total. The fraction of sp³-hybridized carbons (Fsp3) is 0.389. The van der Waals surface area contributed by atoms with Crippen molar-refractivity contribution in [3.05, 3.63) is 53.9 Å². The summed E-state index contributed by atoms with van der Waals surface area (Å²) in [6.07, 6.45) is 3.40. The Balaban J connectivity index is 1.47. The van der Waals surface area contributed by atoms with Crippen molar-refractivity contribution in [3.8, 4) is 0 Å². The Bertz CT molecular complexity index is 751.